The molecule has 0 aromatic heterocycles. The molecule has 0 spiro atoms. The monoisotopic (exact) mass is 484 g/mol. The van der Waals surface area contributed by atoms with E-state index in [1.54, 1.807) is 10.0 Å². The number of amides is 4. The van der Waals surface area contributed by atoms with Crippen molar-refractivity contribution in [1.82, 2.24) is 21.7 Å². The minimum atomic E-state index is -0.484. The Kier molecular flexibility index (Phi) is 9.66. The van der Waals surface area contributed by atoms with Crippen LogP contribution in [0.1, 0.15) is 0 Å². The van der Waals surface area contributed by atoms with Crippen LogP contribution in [0.15, 0.2) is 121 Å². The van der Waals surface area contributed by atoms with Crippen molar-refractivity contribution in [2.45, 2.75) is 0 Å². The van der Waals surface area contributed by atoms with E-state index in [1.807, 2.05) is 132 Å². The molecule has 184 valence electrons. The second-order valence-electron chi connectivity index (χ2n) is 7.18. The average Bonchev–Trinajstić information content (AvgIpc) is 2.96. The third kappa shape index (κ3) is 7.48. The van der Waals surface area contributed by atoms with Crippen LogP contribution in [0.5, 0.6) is 0 Å². The van der Waals surface area contributed by atoms with Gasteiger partial charge in [0.2, 0.25) is 0 Å². The van der Waals surface area contributed by atoms with Gasteiger partial charge >= 0.3 is 12.1 Å². The SMILES string of the molecule is NNC(=O)NN(c1ccccc1)c1ccccc1.NNC(=O)NN(c1ccccc1)c1ccccc1. The highest BCUT2D eigenvalue weighted by atomic mass is 16.2. The van der Waals surface area contributed by atoms with E-state index < -0.39 is 12.1 Å². The van der Waals surface area contributed by atoms with Gasteiger partial charge in [-0.3, -0.25) is 20.9 Å². The Balaban J connectivity index is 0.000000201. The maximum absolute atomic E-state index is 11.4. The summed E-state index contributed by atoms with van der Waals surface area (Å²) in [4.78, 5) is 22.8. The highest BCUT2D eigenvalue weighted by molar-refractivity contribution is 5.79. The molecule has 0 aliphatic carbocycles. The average molecular weight is 485 g/mol. The van der Waals surface area contributed by atoms with Crippen LogP contribution in [0.25, 0.3) is 0 Å². The number of hydrogen-bond donors (Lipinski definition) is 6. The summed E-state index contributed by atoms with van der Waals surface area (Å²) in [7, 11) is 0. The van der Waals surface area contributed by atoms with E-state index in [0.717, 1.165) is 22.7 Å². The number of nitrogens with one attached hydrogen (secondary N) is 4. The third-order valence-electron chi connectivity index (χ3n) is 4.75. The van der Waals surface area contributed by atoms with Crippen molar-refractivity contribution in [3.05, 3.63) is 121 Å². The van der Waals surface area contributed by atoms with Crippen molar-refractivity contribution in [2.75, 3.05) is 10.0 Å². The maximum atomic E-state index is 11.4. The third-order valence-corrected chi connectivity index (χ3v) is 4.75. The molecular formula is C26H28N8O2. The minimum Gasteiger partial charge on any atom is -0.275 e. The second kappa shape index (κ2) is 13.6. The Morgan fingerprint density at radius 1 is 0.444 bits per heavy atom. The maximum Gasteiger partial charge on any atom is 0.348 e. The van der Waals surface area contributed by atoms with Crippen LogP contribution in [0.3, 0.4) is 0 Å². The number of urea groups is 2. The van der Waals surface area contributed by atoms with E-state index in [2.05, 4.69) is 10.9 Å². The topological polar surface area (TPSA) is 141 Å². The molecule has 0 aliphatic heterocycles. The van der Waals surface area contributed by atoms with Gasteiger partial charge in [-0.25, -0.2) is 32.1 Å². The number of para-hydroxylation sites is 4. The molecule has 4 amide bonds. The molecule has 0 aliphatic rings. The van der Waals surface area contributed by atoms with E-state index in [1.165, 1.54) is 0 Å². The lowest BCUT2D eigenvalue weighted by molar-refractivity contribution is 0.240. The van der Waals surface area contributed by atoms with Gasteiger partial charge in [0.1, 0.15) is 0 Å². The van der Waals surface area contributed by atoms with Crippen molar-refractivity contribution < 1.29 is 9.59 Å². The van der Waals surface area contributed by atoms with Gasteiger partial charge in [-0.2, -0.15) is 0 Å². The number of rotatable bonds is 6. The van der Waals surface area contributed by atoms with Gasteiger partial charge in [-0.1, -0.05) is 72.8 Å². The molecule has 0 unspecified atom stereocenters. The molecule has 4 rings (SSSR count). The van der Waals surface area contributed by atoms with Gasteiger partial charge in [-0.05, 0) is 48.5 Å². The Bertz CT molecular complexity index is 1020. The van der Waals surface area contributed by atoms with Gasteiger partial charge in [0.25, 0.3) is 0 Å². The first-order valence-electron chi connectivity index (χ1n) is 11.0. The van der Waals surface area contributed by atoms with Crippen LogP contribution in [-0.2, 0) is 0 Å². The van der Waals surface area contributed by atoms with E-state index in [4.69, 9.17) is 11.7 Å². The molecule has 0 bridgehead atoms. The zero-order chi connectivity index (χ0) is 25.6. The molecule has 8 N–H and O–H groups in total. The second-order valence-corrected chi connectivity index (χ2v) is 7.18. The number of nitrogens with zero attached hydrogens (tertiary/aromatic N) is 2. The zero-order valence-electron chi connectivity index (χ0n) is 19.4. The predicted octanol–water partition coefficient (Wildman–Crippen LogP) is 3.83. The number of nitrogens with two attached hydrogens (primary N) is 2. The summed E-state index contributed by atoms with van der Waals surface area (Å²) in [6.45, 7) is 0. The molecule has 0 saturated carbocycles. The van der Waals surface area contributed by atoms with Crippen molar-refractivity contribution in [1.29, 1.82) is 0 Å². The van der Waals surface area contributed by atoms with E-state index >= 15 is 0 Å². The van der Waals surface area contributed by atoms with Crippen molar-refractivity contribution in [3.8, 4) is 0 Å². The first-order chi connectivity index (χ1) is 17.6. The number of carbonyl (C=O) groups excluding carboxylic acids is 2. The summed E-state index contributed by atoms with van der Waals surface area (Å²) in [5, 5.41) is 3.31. The van der Waals surface area contributed by atoms with E-state index in [-0.39, 0.29) is 0 Å². The molecule has 0 radical (unpaired) electrons. The summed E-state index contributed by atoms with van der Waals surface area (Å²) in [6, 6.07) is 37.0. The van der Waals surface area contributed by atoms with Crippen molar-refractivity contribution in [2.24, 2.45) is 11.7 Å². The van der Waals surface area contributed by atoms with Gasteiger partial charge in [0.05, 0.1) is 22.7 Å². The fourth-order valence-electron chi connectivity index (χ4n) is 3.13. The fourth-order valence-corrected chi connectivity index (χ4v) is 3.13. The lowest BCUT2D eigenvalue weighted by Crippen LogP contribution is -2.47. The molecule has 0 heterocycles. The summed E-state index contributed by atoms with van der Waals surface area (Å²) < 4.78 is 0. The highest BCUT2D eigenvalue weighted by Crippen LogP contribution is 2.23. The van der Waals surface area contributed by atoms with Crippen LogP contribution < -0.4 is 43.4 Å². The van der Waals surface area contributed by atoms with Crippen molar-refractivity contribution >= 4 is 34.8 Å². The normalized spacial score (nSPS) is 9.61. The first-order valence-corrected chi connectivity index (χ1v) is 11.0. The number of hydrogen-bond acceptors (Lipinski definition) is 6. The van der Waals surface area contributed by atoms with Gasteiger partial charge in [0.15, 0.2) is 0 Å². The molecule has 10 nitrogen and oxygen atoms in total. The highest BCUT2D eigenvalue weighted by Gasteiger charge is 2.12. The smallest absolute Gasteiger partial charge is 0.275 e. The lowest BCUT2D eigenvalue weighted by atomic mass is 10.2. The molecule has 10 heteroatoms. The van der Waals surface area contributed by atoms with Gasteiger partial charge in [0, 0.05) is 0 Å². The number of carbonyl (C=O) groups is 2. The number of benzene rings is 4. The van der Waals surface area contributed by atoms with Crippen LogP contribution >= 0.6 is 0 Å². The van der Waals surface area contributed by atoms with Crippen LogP contribution in [0.4, 0.5) is 32.3 Å². The van der Waals surface area contributed by atoms with E-state index in [9.17, 15) is 9.59 Å². The molecule has 4 aromatic carbocycles. The summed E-state index contributed by atoms with van der Waals surface area (Å²) in [5.74, 6) is 10.2. The Morgan fingerprint density at radius 2 is 0.667 bits per heavy atom. The standard InChI is InChI=1S/2C13H14N4O/c2*14-15-13(18)16-17(11-7-3-1-4-8-11)12-9-5-2-6-10-12/h2*1-10H,14H2,(H2,15,16,18). The summed E-state index contributed by atoms with van der Waals surface area (Å²) in [6.07, 6.45) is 0. The predicted molar refractivity (Wildman–Crippen MR) is 142 cm³/mol. The van der Waals surface area contributed by atoms with E-state index in [0.29, 0.717) is 0 Å². The molecule has 4 aromatic rings. The lowest BCUT2D eigenvalue weighted by Gasteiger charge is -2.24. The van der Waals surface area contributed by atoms with Gasteiger partial charge in [-0.15, -0.1) is 0 Å². The minimum absolute atomic E-state index is 0.484. The molecule has 0 atom stereocenters. The molecular weight excluding hydrogens is 456 g/mol. The largest absolute Gasteiger partial charge is 0.348 e. The number of anilines is 4. The Morgan fingerprint density at radius 3 is 0.861 bits per heavy atom. The first kappa shape index (κ1) is 25.6. The quantitative estimate of drug-likeness (QED) is 0.140. The van der Waals surface area contributed by atoms with Gasteiger partial charge < -0.3 is 0 Å². The molecule has 36 heavy (non-hydrogen) atoms. The fraction of sp³-hybridized carbons (Fsp3) is 0. The van der Waals surface area contributed by atoms with Crippen LogP contribution in [0.2, 0.25) is 0 Å². The van der Waals surface area contributed by atoms with Crippen molar-refractivity contribution in [3.63, 3.8) is 0 Å². The molecule has 0 fully saturated rings. The van der Waals surface area contributed by atoms with Crippen LogP contribution in [0, 0.1) is 0 Å². The Labute approximate surface area is 209 Å². The summed E-state index contributed by atoms with van der Waals surface area (Å²) >= 11 is 0. The Hall–Kier alpha value is -5.06. The zero-order valence-corrected chi connectivity index (χ0v) is 19.4. The summed E-state index contributed by atoms with van der Waals surface area (Å²) in [5.41, 5.74) is 12.8. The molecule has 0 saturated heterocycles. The number of hydrazine groups is 4. The van der Waals surface area contributed by atoms with Crippen LogP contribution in [-0.4, -0.2) is 12.1 Å².